The molecule has 0 aromatic heterocycles. The van der Waals surface area contributed by atoms with E-state index < -0.39 is 24.0 Å². The van der Waals surface area contributed by atoms with Gasteiger partial charge in [0.25, 0.3) is 5.91 Å². The number of hydrogen-bond donors (Lipinski definition) is 0. The molecule has 0 aliphatic carbocycles. The number of rotatable bonds is 3. The molecule has 112 valence electrons. The number of carbonyl (C=O) groups excluding carboxylic acids is 1. The predicted octanol–water partition coefficient (Wildman–Crippen LogP) is 4.34. The molecular weight excluding hydrogens is 382 g/mol. The van der Waals surface area contributed by atoms with E-state index in [-0.39, 0.29) is 6.54 Å². The van der Waals surface area contributed by atoms with E-state index in [0.29, 0.717) is 9.13 Å². The van der Waals surface area contributed by atoms with Crippen molar-refractivity contribution >= 4 is 28.5 Å². The molecule has 0 aliphatic rings. The highest BCUT2D eigenvalue weighted by atomic mass is 127. The lowest BCUT2D eigenvalue weighted by atomic mass is 9.95. The maximum Gasteiger partial charge on any atom is 0.406 e. The molecule has 0 fully saturated rings. The number of halogens is 4. The average Bonchev–Trinajstić information content (AvgIpc) is 2.24. The molecule has 1 aromatic rings. The van der Waals surface area contributed by atoms with E-state index in [0.717, 1.165) is 4.90 Å². The van der Waals surface area contributed by atoms with Gasteiger partial charge in [-0.15, -0.1) is 0 Å². The maximum absolute atomic E-state index is 12.7. The van der Waals surface area contributed by atoms with E-state index >= 15 is 0 Å². The molecule has 0 bridgehead atoms. The predicted molar refractivity (Wildman–Crippen MR) is 80.6 cm³/mol. The summed E-state index contributed by atoms with van der Waals surface area (Å²) in [6, 6.07) is 6.65. The number of amides is 1. The van der Waals surface area contributed by atoms with E-state index in [2.05, 4.69) is 0 Å². The summed E-state index contributed by atoms with van der Waals surface area (Å²) in [5.74, 6) is -0.581. The molecule has 0 N–H and O–H groups in total. The normalized spacial score (nSPS) is 12.3. The van der Waals surface area contributed by atoms with Crippen LogP contribution in [0.4, 0.5) is 13.2 Å². The summed E-state index contributed by atoms with van der Waals surface area (Å²) in [6.45, 7) is 4.24. The Hall–Kier alpha value is -0.790. The van der Waals surface area contributed by atoms with Crippen molar-refractivity contribution in [2.75, 3.05) is 13.1 Å². The number of carbonyl (C=O) groups is 1. The zero-order valence-corrected chi connectivity index (χ0v) is 13.7. The molecule has 0 aliphatic heterocycles. The Morgan fingerprint density at radius 2 is 1.70 bits per heavy atom. The molecule has 0 saturated carbocycles. The van der Waals surface area contributed by atoms with Gasteiger partial charge in [-0.25, -0.2) is 0 Å². The summed E-state index contributed by atoms with van der Waals surface area (Å²) in [6.07, 6.45) is -4.40. The number of hydrogen-bond acceptors (Lipinski definition) is 1. The minimum atomic E-state index is -4.40. The van der Waals surface area contributed by atoms with Crippen molar-refractivity contribution in [2.24, 2.45) is 5.41 Å². The zero-order valence-electron chi connectivity index (χ0n) is 11.6. The van der Waals surface area contributed by atoms with Gasteiger partial charge in [-0.05, 0) is 40.1 Å². The third-order valence-electron chi connectivity index (χ3n) is 2.43. The van der Waals surface area contributed by atoms with Crippen LogP contribution in [0.2, 0.25) is 0 Å². The van der Waals surface area contributed by atoms with Crippen molar-refractivity contribution in [3.63, 3.8) is 0 Å². The van der Waals surface area contributed by atoms with Crippen LogP contribution in [0, 0.1) is 8.99 Å². The Kier molecular flexibility index (Phi) is 5.46. The van der Waals surface area contributed by atoms with E-state index in [4.69, 9.17) is 0 Å². The Balaban J connectivity index is 3.04. The smallest absolute Gasteiger partial charge is 0.329 e. The monoisotopic (exact) mass is 399 g/mol. The van der Waals surface area contributed by atoms with Crippen LogP contribution >= 0.6 is 22.6 Å². The standard InChI is InChI=1S/C14H17F3INO/c1-13(2,3)8-19(9-14(15,16)17)12(20)10-6-4-5-7-11(10)18/h4-7H,8-9H2,1-3H3. The second-order valence-corrected chi connectivity index (χ2v) is 6.98. The van der Waals surface area contributed by atoms with Crippen molar-refractivity contribution in [3.8, 4) is 0 Å². The number of nitrogens with zero attached hydrogens (tertiary/aromatic N) is 1. The number of benzene rings is 1. The van der Waals surface area contributed by atoms with Crippen molar-refractivity contribution < 1.29 is 18.0 Å². The van der Waals surface area contributed by atoms with Gasteiger partial charge in [0.05, 0.1) is 5.56 Å². The molecule has 0 unspecified atom stereocenters. The van der Waals surface area contributed by atoms with Crippen LogP contribution in [0.5, 0.6) is 0 Å². The van der Waals surface area contributed by atoms with Crippen molar-refractivity contribution in [1.29, 1.82) is 0 Å². The molecule has 0 saturated heterocycles. The first-order chi connectivity index (χ1) is 8.99. The molecule has 1 aromatic carbocycles. The summed E-state index contributed by atoms with van der Waals surface area (Å²) in [5, 5.41) is 0. The second kappa shape index (κ2) is 6.32. The Morgan fingerprint density at radius 1 is 1.15 bits per heavy atom. The van der Waals surface area contributed by atoms with Crippen LogP contribution in [0.15, 0.2) is 24.3 Å². The summed E-state index contributed by atoms with van der Waals surface area (Å²) in [7, 11) is 0. The van der Waals surface area contributed by atoms with Crippen molar-refractivity contribution in [3.05, 3.63) is 33.4 Å². The minimum Gasteiger partial charge on any atom is -0.329 e. The zero-order chi connectivity index (χ0) is 15.6. The second-order valence-electron chi connectivity index (χ2n) is 5.82. The van der Waals surface area contributed by atoms with Crippen LogP contribution in [-0.2, 0) is 0 Å². The van der Waals surface area contributed by atoms with Gasteiger partial charge < -0.3 is 4.90 Å². The topological polar surface area (TPSA) is 20.3 Å². The van der Waals surface area contributed by atoms with Gasteiger partial charge in [-0.2, -0.15) is 13.2 Å². The van der Waals surface area contributed by atoms with Gasteiger partial charge >= 0.3 is 6.18 Å². The largest absolute Gasteiger partial charge is 0.406 e. The molecule has 0 spiro atoms. The fraction of sp³-hybridized carbons (Fsp3) is 0.500. The molecule has 6 heteroatoms. The number of alkyl halides is 3. The van der Waals surface area contributed by atoms with E-state index in [1.54, 1.807) is 45.0 Å². The summed E-state index contributed by atoms with van der Waals surface area (Å²) < 4.78 is 38.6. The van der Waals surface area contributed by atoms with Crippen LogP contribution < -0.4 is 0 Å². The molecule has 0 heterocycles. The first-order valence-corrected chi connectivity index (χ1v) is 7.18. The molecule has 0 atom stereocenters. The molecular formula is C14H17F3INO. The van der Waals surface area contributed by atoms with Gasteiger partial charge in [0.1, 0.15) is 6.54 Å². The SMILES string of the molecule is CC(C)(C)CN(CC(F)(F)F)C(=O)c1ccccc1I. The van der Waals surface area contributed by atoms with Crippen LogP contribution in [0.25, 0.3) is 0 Å². The first kappa shape index (κ1) is 17.3. The molecule has 2 nitrogen and oxygen atoms in total. The third kappa shape index (κ3) is 5.68. The Labute approximate surface area is 130 Å². The first-order valence-electron chi connectivity index (χ1n) is 6.10. The van der Waals surface area contributed by atoms with E-state index in [9.17, 15) is 18.0 Å². The Bertz CT molecular complexity index is 464. The van der Waals surface area contributed by atoms with Crippen LogP contribution in [0.1, 0.15) is 31.1 Å². The average molecular weight is 399 g/mol. The summed E-state index contributed by atoms with van der Waals surface area (Å²) in [4.78, 5) is 13.2. The van der Waals surface area contributed by atoms with Crippen LogP contribution in [-0.4, -0.2) is 30.1 Å². The third-order valence-corrected chi connectivity index (χ3v) is 3.37. The van der Waals surface area contributed by atoms with E-state index in [1.807, 2.05) is 22.6 Å². The van der Waals surface area contributed by atoms with E-state index in [1.165, 1.54) is 0 Å². The van der Waals surface area contributed by atoms with Crippen LogP contribution in [0.3, 0.4) is 0 Å². The summed E-state index contributed by atoms with van der Waals surface area (Å²) in [5.41, 5.74) is -0.0946. The lowest BCUT2D eigenvalue weighted by Gasteiger charge is -2.31. The highest BCUT2D eigenvalue weighted by molar-refractivity contribution is 14.1. The fourth-order valence-corrected chi connectivity index (χ4v) is 2.41. The van der Waals surface area contributed by atoms with Gasteiger partial charge in [0.2, 0.25) is 0 Å². The van der Waals surface area contributed by atoms with Gasteiger partial charge in [0.15, 0.2) is 0 Å². The lowest BCUT2D eigenvalue weighted by Crippen LogP contribution is -2.43. The van der Waals surface area contributed by atoms with Gasteiger partial charge in [-0.1, -0.05) is 32.9 Å². The molecule has 20 heavy (non-hydrogen) atoms. The molecule has 1 amide bonds. The fourth-order valence-electron chi connectivity index (χ4n) is 1.79. The quantitative estimate of drug-likeness (QED) is 0.693. The maximum atomic E-state index is 12.7. The van der Waals surface area contributed by atoms with Gasteiger partial charge in [-0.3, -0.25) is 4.79 Å². The Morgan fingerprint density at radius 3 is 2.15 bits per heavy atom. The molecule has 1 rings (SSSR count). The van der Waals surface area contributed by atoms with Gasteiger partial charge in [0, 0.05) is 10.1 Å². The molecule has 0 radical (unpaired) electrons. The minimum absolute atomic E-state index is 0.0519. The van der Waals surface area contributed by atoms with Crippen molar-refractivity contribution in [2.45, 2.75) is 26.9 Å². The highest BCUT2D eigenvalue weighted by Crippen LogP contribution is 2.24. The highest BCUT2D eigenvalue weighted by Gasteiger charge is 2.35. The summed E-state index contributed by atoms with van der Waals surface area (Å²) >= 11 is 1.95. The lowest BCUT2D eigenvalue weighted by molar-refractivity contribution is -0.142. The van der Waals surface area contributed by atoms with Crippen molar-refractivity contribution in [1.82, 2.24) is 4.90 Å².